The van der Waals surface area contributed by atoms with E-state index < -0.39 is 0 Å². The average molecular weight is 241 g/mol. The predicted octanol–water partition coefficient (Wildman–Crippen LogP) is 3.28. The summed E-state index contributed by atoms with van der Waals surface area (Å²) in [5.41, 5.74) is 0.637. The highest BCUT2D eigenvalue weighted by atomic mass is 32.2. The summed E-state index contributed by atoms with van der Waals surface area (Å²) in [4.78, 5) is 3.90. The van der Waals surface area contributed by atoms with Crippen LogP contribution >= 0.6 is 23.5 Å². The topological polar surface area (TPSA) is 41.6 Å². The van der Waals surface area contributed by atoms with E-state index in [1.807, 2.05) is 26.4 Å². The van der Waals surface area contributed by atoms with Crippen LogP contribution in [0.15, 0.2) is 23.0 Å². The van der Waals surface area contributed by atoms with Crippen molar-refractivity contribution in [3.05, 3.63) is 23.0 Å². The lowest BCUT2D eigenvalue weighted by molar-refractivity contribution is 1.10. The van der Waals surface area contributed by atoms with Gasteiger partial charge in [0.1, 0.15) is 11.8 Å². The Morgan fingerprint density at radius 1 is 1.33 bits per heavy atom. The number of nitrogens with zero attached hydrogens (tertiary/aromatic N) is 3. The summed E-state index contributed by atoms with van der Waals surface area (Å²) in [5.74, 6) is 0. The molecule has 3 nitrogen and oxygen atoms in total. The summed E-state index contributed by atoms with van der Waals surface area (Å²) in [7, 11) is 0. The lowest BCUT2D eigenvalue weighted by Crippen LogP contribution is -1.92. The standard InChI is InChI=1S/C8H9N3S2.C2H6/c1-12-8(13-2)7(5-9)11-4-3-10-6-11;1-2/h3-4,6H,1-2H3;1-2H3. The summed E-state index contributed by atoms with van der Waals surface area (Å²) in [6.07, 6.45) is 8.98. The Kier molecular flexibility index (Phi) is 7.96. The van der Waals surface area contributed by atoms with Gasteiger partial charge in [0.2, 0.25) is 0 Å². The van der Waals surface area contributed by atoms with Crippen LogP contribution in [0.5, 0.6) is 0 Å². The lowest BCUT2D eigenvalue weighted by Gasteiger charge is -2.04. The van der Waals surface area contributed by atoms with E-state index in [-0.39, 0.29) is 0 Å². The molecule has 82 valence electrons. The van der Waals surface area contributed by atoms with Crippen LogP contribution in [0.4, 0.5) is 0 Å². The van der Waals surface area contributed by atoms with Crippen molar-refractivity contribution in [3.63, 3.8) is 0 Å². The van der Waals surface area contributed by atoms with E-state index in [1.165, 1.54) is 0 Å². The Balaban J connectivity index is 0.000000921. The molecule has 0 spiro atoms. The van der Waals surface area contributed by atoms with Gasteiger partial charge in [-0.3, -0.25) is 4.57 Å². The molecule has 0 saturated heterocycles. The van der Waals surface area contributed by atoms with Gasteiger partial charge < -0.3 is 0 Å². The molecular weight excluding hydrogens is 226 g/mol. The second kappa shape index (κ2) is 8.45. The predicted molar refractivity (Wildman–Crippen MR) is 69.4 cm³/mol. The number of imidazole rings is 1. The fourth-order valence-corrected chi connectivity index (χ4v) is 2.23. The van der Waals surface area contributed by atoms with Gasteiger partial charge in [-0.25, -0.2) is 4.98 Å². The summed E-state index contributed by atoms with van der Waals surface area (Å²) in [6, 6.07) is 2.17. The molecule has 0 unspecified atom stereocenters. The van der Waals surface area contributed by atoms with Crippen LogP contribution in [0, 0.1) is 11.3 Å². The molecular formula is C10H15N3S2. The van der Waals surface area contributed by atoms with Gasteiger partial charge in [0.25, 0.3) is 0 Å². The third-order valence-electron chi connectivity index (χ3n) is 1.43. The van der Waals surface area contributed by atoms with E-state index in [4.69, 9.17) is 5.26 Å². The van der Waals surface area contributed by atoms with E-state index in [1.54, 1.807) is 46.8 Å². The number of rotatable bonds is 3. The molecule has 15 heavy (non-hydrogen) atoms. The third kappa shape index (κ3) is 4.02. The molecule has 0 amide bonds. The summed E-state index contributed by atoms with van der Waals surface area (Å²) in [5, 5.41) is 8.95. The zero-order valence-corrected chi connectivity index (χ0v) is 11.0. The molecule has 1 aromatic rings. The van der Waals surface area contributed by atoms with Gasteiger partial charge in [-0.05, 0) is 12.5 Å². The van der Waals surface area contributed by atoms with Crippen molar-refractivity contribution in [1.29, 1.82) is 5.26 Å². The molecule has 1 rings (SSSR count). The average Bonchev–Trinajstić information content (AvgIpc) is 2.81. The molecule has 0 bridgehead atoms. The number of thioether (sulfide) groups is 2. The van der Waals surface area contributed by atoms with Gasteiger partial charge in [-0.15, -0.1) is 23.5 Å². The van der Waals surface area contributed by atoms with E-state index >= 15 is 0 Å². The smallest absolute Gasteiger partial charge is 0.145 e. The van der Waals surface area contributed by atoms with Crippen molar-refractivity contribution >= 4 is 29.2 Å². The largest absolute Gasteiger partial charge is 0.296 e. The number of aromatic nitrogens is 2. The minimum absolute atomic E-state index is 0.637. The van der Waals surface area contributed by atoms with E-state index in [0.29, 0.717) is 5.70 Å². The number of hydrogen-bond acceptors (Lipinski definition) is 4. The monoisotopic (exact) mass is 241 g/mol. The van der Waals surface area contributed by atoms with Crippen molar-refractivity contribution in [2.24, 2.45) is 0 Å². The van der Waals surface area contributed by atoms with Crippen LogP contribution in [0.1, 0.15) is 13.8 Å². The first-order valence-electron chi connectivity index (χ1n) is 4.54. The molecule has 0 aliphatic carbocycles. The third-order valence-corrected chi connectivity index (χ3v) is 3.56. The van der Waals surface area contributed by atoms with Crippen molar-refractivity contribution in [2.75, 3.05) is 12.5 Å². The van der Waals surface area contributed by atoms with Crippen molar-refractivity contribution in [1.82, 2.24) is 9.55 Å². The molecule has 1 heterocycles. The summed E-state index contributed by atoms with van der Waals surface area (Å²) in [6.45, 7) is 4.00. The number of hydrogen-bond donors (Lipinski definition) is 0. The molecule has 0 fully saturated rings. The van der Waals surface area contributed by atoms with Gasteiger partial charge in [-0.1, -0.05) is 13.8 Å². The maximum absolute atomic E-state index is 8.95. The molecule has 0 aliphatic rings. The van der Waals surface area contributed by atoms with E-state index in [0.717, 1.165) is 4.24 Å². The molecule has 0 aliphatic heterocycles. The Bertz CT molecular complexity index is 330. The minimum atomic E-state index is 0.637. The van der Waals surface area contributed by atoms with Crippen LogP contribution in [-0.4, -0.2) is 22.1 Å². The molecule has 0 N–H and O–H groups in total. The van der Waals surface area contributed by atoms with E-state index in [9.17, 15) is 0 Å². The lowest BCUT2D eigenvalue weighted by atomic mass is 10.5. The molecule has 0 atom stereocenters. The first kappa shape index (κ1) is 14.1. The van der Waals surface area contributed by atoms with Crippen molar-refractivity contribution in [3.8, 4) is 6.07 Å². The number of nitriles is 1. The van der Waals surface area contributed by atoms with Gasteiger partial charge in [0.05, 0.1) is 10.6 Å². The molecule has 1 aromatic heterocycles. The fourth-order valence-electron chi connectivity index (χ4n) is 0.877. The van der Waals surface area contributed by atoms with Gasteiger partial charge in [0, 0.05) is 12.4 Å². The second-order valence-electron chi connectivity index (χ2n) is 2.13. The normalized spacial score (nSPS) is 8.47. The highest BCUT2D eigenvalue weighted by Crippen LogP contribution is 2.29. The summed E-state index contributed by atoms with van der Waals surface area (Å²) < 4.78 is 2.72. The van der Waals surface area contributed by atoms with E-state index in [2.05, 4.69) is 11.1 Å². The first-order chi connectivity index (χ1) is 7.33. The SMILES string of the molecule is CC.CSC(SC)=C(C#N)n1ccnc1. The second-order valence-corrected chi connectivity index (χ2v) is 4.02. The maximum Gasteiger partial charge on any atom is 0.145 e. The fraction of sp³-hybridized carbons (Fsp3) is 0.400. The van der Waals surface area contributed by atoms with Crippen LogP contribution < -0.4 is 0 Å². The van der Waals surface area contributed by atoms with Crippen LogP contribution in [0.25, 0.3) is 5.70 Å². The number of allylic oxidation sites excluding steroid dienone is 1. The molecule has 5 heteroatoms. The van der Waals surface area contributed by atoms with Gasteiger partial charge in [0.15, 0.2) is 0 Å². The minimum Gasteiger partial charge on any atom is -0.296 e. The Labute approximate surface area is 99.6 Å². The van der Waals surface area contributed by atoms with Crippen LogP contribution in [0.2, 0.25) is 0 Å². The Hall–Kier alpha value is -0.860. The zero-order valence-electron chi connectivity index (χ0n) is 9.39. The zero-order chi connectivity index (χ0) is 11.7. The van der Waals surface area contributed by atoms with Gasteiger partial charge >= 0.3 is 0 Å². The molecule has 0 saturated carbocycles. The Morgan fingerprint density at radius 2 is 1.93 bits per heavy atom. The molecule has 0 radical (unpaired) electrons. The van der Waals surface area contributed by atoms with Crippen molar-refractivity contribution < 1.29 is 0 Å². The Morgan fingerprint density at radius 3 is 2.27 bits per heavy atom. The quantitative estimate of drug-likeness (QED) is 0.762. The van der Waals surface area contributed by atoms with Crippen LogP contribution in [0.3, 0.4) is 0 Å². The highest BCUT2D eigenvalue weighted by Gasteiger charge is 2.05. The van der Waals surface area contributed by atoms with Crippen molar-refractivity contribution in [2.45, 2.75) is 13.8 Å². The van der Waals surface area contributed by atoms with Gasteiger partial charge in [-0.2, -0.15) is 5.26 Å². The maximum atomic E-state index is 8.95. The highest BCUT2D eigenvalue weighted by molar-refractivity contribution is 8.21. The molecule has 0 aromatic carbocycles. The summed E-state index contributed by atoms with van der Waals surface area (Å²) >= 11 is 3.14. The van der Waals surface area contributed by atoms with Crippen LogP contribution in [-0.2, 0) is 0 Å². The first-order valence-corrected chi connectivity index (χ1v) is 6.99.